The molecule has 1 atom stereocenters. The lowest BCUT2D eigenvalue weighted by Crippen LogP contribution is -2.39. The molecule has 0 radical (unpaired) electrons. The largest absolute Gasteiger partial charge is 0.377 e. The molecule has 1 saturated heterocycles. The Bertz CT molecular complexity index is 738. The zero-order chi connectivity index (χ0) is 17.8. The van der Waals surface area contributed by atoms with E-state index in [-0.39, 0.29) is 12.5 Å². The molecule has 0 spiro atoms. The molecule has 2 N–H and O–H groups in total. The minimum atomic E-state index is -0.304. The summed E-state index contributed by atoms with van der Waals surface area (Å²) in [7, 11) is 0. The van der Waals surface area contributed by atoms with Crippen molar-refractivity contribution in [2.24, 2.45) is 5.73 Å². The highest BCUT2D eigenvalue weighted by molar-refractivity contribution is 5.87. The fraction of sp³-hybridized carbons (Fsp3) is 0.550. The Balaban J connectivity index is 1.83. The van der Waals surface area contributed by atoms with E-state index in [1.54, 1.807) is 0 Å². The van der Waals surface area contributed by atoms with Gasteiger partial charge in [-0.25, -0.2) is 0 Å². The normalized spacial score (nSPS) is 18.7. The Morgan fingerprint density at radius 2 is 2.16 bits per heavy atom. The fourth-order valence-corrected chi connectivity index (χ4v) is 3.86. The molecular weight excluding hydrogens is 314 g/mol. The van der Waals surface area contributed by atoms with E-state index in [1.165, 1.54) is 17.4 Å². The van der Waals surface area contributed by atoms with Crippen LogP contribution in [0.2, 0.25) is 0 Å². The van der Waals surface area contributed by atoms with Crippen molar-refractivity contribution in [3.8, 4) is 0 Å². The van der Waals surface area contributed by atoms with Crippen LogP contribution in [-0.2, 0) is 22.6 Å². The van der Waals surface area contributed by atoms with Gasteiger partial charge < -0.3 is 15.0 Å². The number of para-hydroxylation sites is 1. The Morgan fingerprint density at radius 3 is 2.92 bits per heavy atom. The van der Waals surface area contributed by atoms with Gasteiger partial charge in [0.15, 0.2) is 0 Å². The van der Waals surface area contributed by atoms with Crippen molar-refractivity contribution in [2.75, 3.05) is 19.7 Å². The third-order valence-electron chi connectivity index (χ3n) is 5.08. The van der Waals surface area contributed by atoms with Crippen molar-refractivity contribution in [3.63, 3.8) is 0 Å². The van der Waals surface area contributed by atoms with Gasteiger partial charge in [0, 0.05) is 36.3 Å². The minimum Gasteiger partial charge on any atom is -0.377 e. The smallest absolute Gasteiger partial charge is 0.237 e. The maximum atomic E-state index is 11.5. The van der Waals surface area contributed by atoms with Crippen molar-refractivity contribution in [3.05, 3.63) is 35.5 Å². The number of aromatic nitrogens is 1. The molecule has 5 heteroatoms. The number of nitrogens with two attached hydrogens (primary N) is 1. The summed E-state index contributed by atoms with van der Waals surface area (Å²) in [6, 6.07) is 8.28. The summed E-state index contributed by atoms with van der Waals surface area (Å²) in [6.07, 6.45) is 3.73. The average Bonchev–Trinajstić information content (AvgIpc) is 2.86. The van der Waals surface area contributed by atoms with Gasteiger partial charge in [0.2, 0.25) is 5.91 Å². The van der Waals surface area contributed by atoms with Crippen molar-refractivity contribution in [1.82, 2.24) is 9.47 Å². The first-order chi connectivity index (χ1) is 12.1. The lowest BCUT2D eigenvalue weighted by Gasteiger charge is -2.32. The quantitative estimate of drug-likeness (QED) is 0.841. The first-order valence-electron chi connectivity index (χ1n) is 9.29. The topological polar surface area (TPSA) is 60.5 Å². The van der Waals surface area contributed by atoms with E-state index in [0.29, 0.717) is 6.10 Å². The Kier molecular flexibility index (Phi) is 5.76. The molecule has 1 fully saturated rings. The highest BCUT2D eigenvalue weighted by Crippen LogP contribution is 2.28. The van der Waals surface area contributed by atoms with Crippen molar-refractivity contribution < 1.29 is 9.53 Å². The van der Waals surface area contributed by atoms with E-state index in [0.717, 1.165) is 50.3 Å². The zero-order valence-electron chi connectivity index (χ0n) is 15.3. The van der Waals surface area contributed by atoms with Crippen LogP contribution >= 0.6 is 0 Å². The second-order valence-corrected chi connectivity index (χ2v) is 7.00. The van der Waals surface area contributed by atoms with Crippen LogP contribution in [0.25, 0.3) is 10.9 Å². The van der Waals surface area contributed by atoms with Gasteiger partial charge in [-0.3, -0.25) is 9.69 Å². The van der Waals surface area contributed by atoms with E-state index < -0.39 is 0 Å². The fourth-order valence-electron chi connectivity index (χ4n) is 3.86. The number of primary amides is 1. The molecule has 1 aromatic heterocycles. The highest BCUT2D eigenvalue weighted by Gasteiger charge is 2.23. The second kappa shape index (κ2) is 8.02. The van der Waals surface area contributed by atoms with Crippen LogP contribution in [0, 0.1) is 6.92 Å². The van der Waals surface area contributed by atoms with E-state index in [9.17, 15) is 4.79 Å². The van der Waals surface area contributed by atoms with Gasteiger partial charge in [-0.15, -0.1) is 0 Å². The van der Waals surface area contributed by atoms with Gasteiger partial charge >= 0.3 is 0 Å². The van der Waals surface area contributed by atoms with Crippen molar-refractivity contribution in [2.45, 2.75) is 52.3 Å². The molecule has 25 heavy (non-hydrogen) atoms. The Labute approximate surface area is 149 Å². The number of carbonyl (C=O) groups excluding carboxylic acids is 1. The molecule has 1 amide bonds. The van der Waals surface area contributed by atoms with Gasteiger partial charge in [-0.05, 0) is 44.4 Å². The van der Waals surface area contributed by atoms with E-state index in [1.807, 2.05) is 10.6 Å². The van der Waals surface area contributed by atoms with Crippen LogP contribution in [0.3, 0.4) is 0 Å². The monoisotopic (exact) mass is 343 g/mol. The molecule has 2 aromatic rings. The predicted octanol–water partition coefficient (Wildman–Crippen LogP) is 2.83. The summed E-state index contributed by atoms with van der Waals surface area (Å²) in [5.41, 5.74) is 8.98. The first-order valence-corrected chi connectivity index (χ1v) is 9.29. The van der Waals surface area contributed by atoms with Gasteiger partial charge in [0.25, 0.3) is 0 Å². The van der Waals surface area contributed by atoms with Crippen LogP contribution in [-0.4, -0.2) is 41.2 Å². The second-order valence-electron chi connectivity index (χ2n) is 7.00. The van der Waals surface area contributed by atoms with Crippen molar-refractivity contribution in [1.29, 1.82) is 0 Å². The predicted molar refractivity (Wildman–Crippen MR) is 100 cm³/mol. The summed E-state index contributed by atoms with van der Waals surface area (Å²) >= 11 is 0. The summed E-state index contributed by atoms with van der Waals surface area (Å²) in [4.78, 5) is 14.0. The lowest BCUT2D eigenvalue weighted by atomic mass is 10.1. The number of piperidine rings is 1. The van der Waals surface area contributed by atoms with Gasteiger partial charge in [0.1, 0.15) is 6.54 Å². The molecule has 1 aliphatic heterocycles. The number of amides is 1. The molecule has 1 aliphatic rings. The third kappa shape index (κ3) is 4.05. The van der Waals surface area contributed by atoms with Crippen LogP contribution < -0.4 is 5.73 Å². The number of nitrogens with zero attached hydrogens (tertiary/aromatic N) is 2. The summed E-state index contributed by atoms with van der Waals surface area (Å²) in [5.74, 6) is -0.304. The Morgan fingerprint density at radius 1 is 1.36 bits per heavy atom. The van der Waals surface area contributed by atoms with Gasteiger partial charge in [0.05, 0.1) is 6.10 Å². The SMILES string of the molecule is CCCO[C@@H]1CCCN(Cc2c(C)n(CC(N)=O)c3ccccc23)C1. The van der Waals surface area contributed by atoms with Crippen molar-refractivity contribution >= 4 is 16.8 Å². The molecule has 136 valence electrons. The maximum absolute atomic E-state index is 11.5. The van der Waals surface area contributed by atoms with E-state index in [4.69, 9.17) is 10.5 Å². The number of rotatable bonds is 7. The number of hydrogen-bond donors (Lipinski definition) is 1. The zero-order valence-corrected chi connectivity index (χ0v) is 15.3. The Hall–Kier alpha value is -1.85. The summed E-state index contributed by atoms with van der Waals surface area (Å²) in [6.45, 7) is 8.29. The van der Waals surface area contributed by atoms with Gasteiger partial charge in [-0.2, -0.15) is 0 Å². The minimum absolute atomic E-state index is 0.231. The highest BCUT2D eigenvalue weighted by atomic mass is 16.5. The van der Waals surface area contributed by atoms with Crippen LogP contribution in [0.5, 0.6) is 0 Å². The molecule has 0 aliphatic carbocycles. The molecule has 5 nitrogen and oxygen atoms in total. The number of ether oxygens (including phenoxy) is 1. The lowest BCUT2D eigenvalue weighted by molar-refractivity contribution is -0.118. The molecule has 0 unspecified atom stereocenters. The molecular formula is C20H29N3O2. The average molecular weight is 343 g/mol. The number of hydrogen-bond acceptors (Lipinski definition) is 3. The number of fused-ring (bicyclic) bond motifs is 1. The molecule has 3 rings (SSSR count). The number of likely N-dealkylation sites (tertiary alicyclic amines) is 1. The van der Waals surface area contributed by atoms with E-state index in [2.05, 4.69) is 36.9 Å². The van der Waals surface area contributed by atoms with Crippen LogP contribution in [0.15, 0.2) is 24.3 Å². The molecule has 2 heterocycles. The molecule has 0 saturated carbocycles. The van der Waals surface area contributed by atoms with Crippen LogP contribution in [0.1, 0.15) is 37.4 Å². The van der Waals surface area contributed by atoms with Crippen LogP contribution in [0.4, 0.5) is 0 Å². The number of benzene rings is 1. The van der Waals surface area contributed by atoms with E-state index >= 15 is 0 Å². The molecule has 0 bridgehead atoms. The summed E-state index contributed by atoms with van der Waals surface area (Å²) in [5, 5.41) is 1.22. The standard InChI is InChI=1S/C20H29N3O2/c1-3-11-25-16-7-6-10-22(12-16)13-18-15(2)23(14-20(21)24)19-9-5-4-8-17(18)19/h4-5,8-9,16H,3,6-7,10-14H2,1-2H3,(H2,21,24)/t16-/m1/s1. The first kappa shape index (κ1) is 18.0. The summed E-state index contributed by atoms with van der Waals surface area (Å²) < 4.78 is 8.01. The van der Waals surface area contributed by atoms with Gasteiger partial charge in [-0.1, -0.05) is 25.1 Å². The maximum Gasteiger partial charge on any atom is 0.237 e. The third-order valence-corrected chi connectivity index (χ3v) is 5.08. The number of carbonyl (C=O) groups is 1. The molecule has 1 aromatic carbocycles.